The summed E-state index contributed by atoms with van der Waals surface area (Å²) in [6, 6.07) is 0.138. The second kappa shape index (κ2) is 6.58. The second-order valence-electron chi connectivity index (χ2n) is 3.97. The fraction of sp³-hybridized carbons (Fsp3) is 0.636. The monoisotopic (exact) mass is 270 g/mol. The molecule has 1 fully saturated rings. The predicted molar refractivity (Wildman–Crippen MR) is 74.9 cm³/mol. The van der Waals surface area contributed by atoms with Crippen LogP contribution in [0.25, 0.3) is 0 Å². The summed E-state index contributed by atoms with van der Waals surface area (Å²) in [7, 11) is 0. The molecule has 2 rings (SSSR count). The van der Waals surface area contributed by atoms with Crippen molar-refractivity contribution in [2.45, 2.75) is 29.9 Å². The van der Waals surface area contributed by atoms with E-state index in [4.69, 9.17) is 5.84 Å². The Labute approximate surface area is 111 Å². The minimum atomic E-state index is 0.138. The van der Waals surface area contributed by atoms with Crippen molar-refractivity contribution < 1.29 is 0 Å². The molecule has 3 atom stereocenters. The molecule has 0 amide bonds. The van der Waals surface area contributed by atoms with E-state index in [1.165, 1.54) is 17.9 Å². The van der Waals surface area contributed by atoms with Crippen LogP contribution < -0.4 is 11.3 Å². The Morgan fingerprint density at radius 1 is 1.41 bits per heavy atom. The van der Waals surface area contributed by atoms with Crippen molar-refractivity contribution in [3.8, 4) is 0 Å². The highest BCUT2D eigenvalue weighted by molar-refractivity contribution is 8.07. The number of rotatable bonds is 4. The maximum Gasteiger partial charge on any atom is 0.115 e. The predicted octanol–water partition coefficient (Wildman–Crippen LogP) is 1.61. The molecule has 1 aliphatic rings. The van der Waals surface area contributed by atoms with E-state index in [1.54, 1.807) is 6.33 Å². The Morgan fingerprint density at radius 3 is 2.76 bits per heavy atom. The summed E-state index contributed by atoms with van der Waals surface area (Å²) in [6.07, 6.45) is 6.43. The molecule has 0 radical (unpaired) electrons. The molecule has 6 heteroatoms. The smallest absolute Gasteiger partial charge is 0.115 e. The van der Waals surface area contributed by atoms with Gasteiger partial charge in [0.2, 0.25) is 0 Å². The third kappa shape index (κ3) is 3.13. The molecule has 1 aliphatic heterocycles. The fourth-order valence-corrected chi connectivity index (χ4v) is 5.33. The molecule has 0 bridgehead atoms. The van der Waals surface area contributed by atoms with Gasteiger partial charge in [-0.1, -0.05) is 6.92 Å². The largest absolute Gasteiger partial charge is 0.271 e. The number of nitrogens with zero attached hydrogens (tertiary/aromatic N) is 2. The van der Waals surface area contributed by atoms with Gasteiger partial charge >= 0.3 is 0 Å². The topological polar surface area (TPSA) is 63.8 Å². The van der Waals surface area contributed by atoms with Crippen molar-refractivity contribution in [2.24, 2.45) is 5.84 Å². The SMILES string of the molecule is CCC1SCCSC1C(NN)c1cncnc1. The Kier molecular flexibility index (Phi) is 5.09. The first-order valence-electron chi connectivity index (χ1n) is 5.81. The van der Waals surface area contributed by atoms with E-state index in [9.17, 15) is 0 Å². The van der Waals surface area contributed by atoms with E-state index < -0.39 is 0 Å². The molecule has 3 N–H and O–H groups in total. The van der Waals surface area contributed by atoms with Crippen LogP contribution in [0.15, 0.2) is 18.7 Å². The van der Waals surface area contributed by atoms with Gasteiger partial charge in [-0.2, -0.15) is 23.5 Å². The molecule has 17 heavy (non-hydrogen) atoms. The van der Waals surface area contributed by atoms with Gasteiger partial charge in [0.25, 0.3) is 0 Å². The van der Waals surface area contributed by atoms with Gasteiger partial charge < -0.3 is 0 Å². The van der Waals surface area contributed by atoms with E-state index in [2.05, 4.69) is 34.1 Å². The molecule has 0 aliphatic carbocycles. The zero-order chi connectivity index (χ0) is 12.1. The van der Waals surface area contributed by atoms with Crippen LogP contribution in [0, 0.1) is 0 Å². The van der Waals surface area contributed by atoms with Gasteiger partial charge in [0.05, 0.1) is 6.04 Å². The van der Waals surface area contributed by atoms with Crippen LogP contribution in [0.5, 0.6) is 0 Å². The Morgan fingerprint density at radius 2 is 2.12 bits per heavy atom. The second-order valence-corrected chi connectivity index (χ2v) is 6.60. The molecule has 0 spiro atoms. The molecule has 1 aromatic rings. The van der Waals surface area contributed by atoms with Gasteiger partial charge in [-0.15, -0.1) is 0 Å². The molecule has 4 nitrogen and oxygen atoms in total. The Hall–Kier alpha value is -0.300. The molecule has 94 valence electrons. The first-order chi connectivity index (χ1) is 8.36. The summed E-state index contributed by atoms with van der Waals surface area (Å²) < 4.78 is 0. The lowest BCUT2D eigenvalue weighted by molar-refractivity contribution is 0.511. The minimum absolute atomic E-state index is 0.138. The summed E-state index contributed by atoms with van der Waals surface area (Å²) in [6.45, 7) is 2.24. The normalized spacial score (nSPS) is 26.7. The number of nitrogens with two attached hydrogens (primary N) is 1. The lowest BCUT2D eigenvalue weighted by atomic mass is 10.0. The quantitative estimate of drug-likeness (QED) is 0.640. The lowest BCUT2D eigenvalue weighted by Crippen LogP contribution is -2.41. The summed E-state index contributed by atoms with van der Waals surface area (Å²) in [5.74, 6) is 8.15. The minimum Gasteiger partial charge on any atom is -0.271 e. The molecule has 0 saturated carbocycles. The van der Waals surface area contributed by atoms with Crippen LogP contribution in [0.4, 0.5) is 0 Å². The van der Waals surface area contributed by atoms with Crippen molar-refractivity contribution in [2.75, 3.05) is 11.5 Å². The van der Waals surface area contributed by atoms with Gasteiger partial charge in [-0.3, -0.25) is 11.3 Å². The van der Waals surface area contributed by atoms with Gasteiger partial charge in [0.1, 0.15) is 6.33 Å². The summed E-state index contributed by atoms with van der Waals surface area (Å²) >= 11 is 4.06. The van der Waals surface area contributed by atoms with E-state index in [0.29, 0.717) is 10.5 Å². The first kappa shape index (κ1) is 13.1. The van der Waals surface area contributed by atoms with E-state index in [1.807, 2.05) is 24.2 Å². The summed E-state index contributed by atoms with van der Waals surface area (Å²) in [4.78, 5) is 8.15. The van der Waals surface area contributed by atoms with Crippen LogP contribution >= 0.6 is 23.5 Å². The Bertz CT molecular complexity index is 336. The summed E-state index contributed by atoms with van der Waals surface area (Å²) in [5, 5.41) is 1.14. The number of thioether (sulfide) groups is 2. The molecular weight excluding hydrogens is 252 g/mol. The number of hydrogen-bond acceptors (Lipinski definition) is 6. The summed E-state index contributed by atoms with van der Waals surface area (Å²) in [5.41, 5.74) is 4.02. The zero-order valence-electron chi connectivity index (χ0n) is 9.87. The highest BCUT2D eigenvalue weighted by Crippen LogP contribution is 2.39. The van der Waals surface area contributed by atoms with E-state index in [-0.39, 0.29) is 6.04 Å². The number of hydrazine groups is 1. The lowest BCUT2D eigenvalue weighted by Gasteiger charge is -2.35. The Balaban J connectivity index is 2.16. The van der Waals surface area contributed by atoms with Crippen LogP contribution in [-0.4, -0.2) is 32.0 Å². The third-order valence-corrected chi connectivity index (χ3v) is 6.29. The highest BCUT2D eigenvalue weighted by Gasteiger charge is 2.32. The molecule has 0 aromatic carbocycles. The van der Waals surface area contributed by atoms with Gasteiger partial charge in [0, 0.05) is 40.0 Å². The standard InChI is InChI=1S/C11H18N4S2/c1-2-9-11(17-4-3-16-9)10(15-12)8-5-13-7-14-6-8/h5-7,9-11,15H,2-4,12H2,1H3. The van der Waals surface area contributed by atoms with Crippen LogP contribution in [0.3, 0.4) is 0 Å². The number of hydrogen-bond donors (Lipinski definition) is 2. The van der Waals surface area contributed by atoms with Gasteiger partial charge in [-0.25, -0.2) is 9.97 Å². The van der Waals surface area contributed by atoms with Gasteiger partial charge in [-0.05, 0) is 6.42 Å². The van der Waals surface area contributed by atoms with Crippen molar-refractivity contribution in [1.29, 1.82) is 0 Å². The molecule has 1 saturated heterocycles. The molecule has 2 heterocycles. The molecular formula is C11H18N4S2. The molecule has 3 unspecified atom stereocenters. The number of nitrogens with one attached hydrogen (secondary N) is 1. The van der Waals surface area contributed by atoms with E-state index in [0.717, 1.165) is 5.56 Å². The maximum absolute atomic E-state index is 5.72. The van der Waals surface area contributed by atoms with E-state index >= 15 is 0 Å². The van der Waals surface area contributed by atoms with Crippen molar-refractivity contribution in [3.05, 3.63) is 24.3 Å². The van der Waals surface area contributed by atoms with Crippen molar-refractivity contribution >= 4 is 23.5 Å². The van der Waals surface area contributed by atoms with Crippen LogP contribution in [0.1, 0.15) is 24.9 Å². The maximum atomic E-state index is 5.72. The zero-order valence-corrected chi connectivity index (χ0v) is 11.5. The van der Waals surface area contributed by atoms with Gasteiger partial charge in [0.15, 0.2) is 0 Å². The third-order valence-electron chi connectivity index (χ3n) is 2.94. The average Bonchev–Trinajstić information content (AvgIpc) is 2.41. The number of aromatic nitrogens is 2. The average molecular weight is 270 g/mol. The van der Waals surface area contributed by atoms with Crippen molar-refractivity contribution in [3.63, 3.8) is 0 Å². The highest BCUT2D eigenvalue weighted by atomic mass is 32.2. The first-order valence-corrected chi connectivity index (χ1v) is 7.90. The van der Waals surface area contributed by atoms with Crippen LogP contribution in [0.2, 0.25) is 0 Å². The van der Waals surface area contributed by atoms with Crippen molar-refractivity contribution in [1.82, 2.24) is 15.4 Å². The fourth-order valence-electron chi connectivity index (χ4n) is 2.10. The van der Waals surface area contributed by atoms with Crippen LogP contribution in [-0.2, 0) is 0 Å². The molecule has 1 aromatic heterocycles.